The summed E-state index contributed by atoms with van der Waals surface area (Å²) in [7, 11) is 0. The first-order valence-corrected chi connectivity index (χ1v) is 7.49. The first-order valence-electron chi connectivity index (χ1n) is 7.49. The second-order valence-corrected chi connectivity index (χ2v) is 5.86. The molecule has 2 aromatic rings. The molecule has 0 saturated carbocycles. The molecule has 0 spiro atoms. The van der Waals surface area contributed by atoms with Crippen LogP contribution in [0, 0.1) is 13.8 Å². The highest BCUT2D eigenvalue weighted by atomic mass is 16.3. The van der Waals surface area contributed by atoms with Crippen molar-refractivity contribution in [2.24, 2.45) is 0 Å². The van der Waals surface area contributed by atoms with Gasteiger partial charge in [0.1, 0.15) is 11.6 Å². The number of fused-ring (bicyclic) bond motifs is 1. The third-order valence-corrected chi connectivity index (χ3v) is 4.21. The van der Waals surface area contributed by atoms with Crippen LogP contribution < -0.4 is 5.56 Å². The van der Waals surface area contributed by atoms with Crippen molar-refractivity contribution in [3.63, 3.8) is 0 Å². The van der Waals surface area contributed by atoms with Gasteiger partial charge < -0.3 is 10.1 Å². The average molecular weight is 284 g/mol. The molecule has 4 heteroatoms. The standard InChI is InChI=1S/C17H20N2O2/c1-10-8-12(9-11(2)15(10)20)16-18-14-7-5-3-4-6-13(14)17(21)19-16/h8-9,20H,3-7H2,1-2H3,(H,18,19,21). The quantitative estimate of drug-likeness (QED) is 0.791. The Balaban J connectivity index is 2.14. The molecule has 1 aliphatic carbocycles. The van der Waals surface area contributed by atoms with Gasteiger partial charge in [-0.1, -0.05) is 6.42 Å². The Morgan fingerprint density at radius 2 is 1.76 bits per heavy atom. The first-order chi connectivity index (χ1) is 10.1. The number of H-pyrrole nitrogens is 1. The number of aromatic amines is 1. The lowest BCUT2D eigenvalue weighted by Gasteiger charge is -2.10. The van der Waals surface area contributed by atoms with Gasteiger partial charge in [0.15, 0.2) is 0 Å². The molecule has 0 fully saturated rings. The summed E-state index contributed by atoms with van der Waals surface area (Å²) in [6.07, 6.45) is 5.02. The van der Waals surface area contributed by atoms with Crippen LogP contribution in [-0.2, 0) is 12.8 Å². The largest absolute Gasteiger partial charge is 0.507 e. The summed E-state index contributed by atoms with van der Waals surface area (Å²) < 4.78 is 0. The van der Waals surface area contributed by atoms with E-state index in [9.17, 15) is 9.90 Å². The summed E-state index contributed by atoms with van der Waals surface area (Å²) in [5.74, 6) is 0.905. The maximum absolute atomic E-state index is 12.3. The number of phenols is 1. The van der Waals surface area contributed by atoms with Gasteiger partial charge in [-0.2, -0.15) is 0 Å². The SMILES string of the molecule is Cc1cc(-c2nc3c(c(=O)[nH]2)CCCCC3)cc(C)c1O. The number of aromatic nitrogens is 2. The maximum Gasteiger partial charge on any atom is 0.254 e. The highest BCUT2D eigenvalue weighted by Crippen LogP contribution is 2.27. The maximum atomic E-state index is 12.3. The van der Waals surface area contributed by atoms with E-state index in [0.29, 0.717) is 11.6 Å². The molecule has 4 nitrogen and oxygen atoms in total. The average Bonchev–Trinajstić information content (AvgIpc) is 2.69. The van der Waals surface area contributed by atoms with E-state index in [1.165, 1.54) is 0 Å². The molecular formula is C17H20N2O2. The molecule has 1 aliphatic rings. The minimum absolute atomic E-state index is 0.0136. The Hall–Kier alpha value is -2.10. The molecular weight excluding hydrogens is 264 g/mol. The first kappa shape index (κ1) is 13.9. The van der Waals surface area contributed by atoms with Gasteiger partial charge >= 0.3 is 0 Å². The molecule has 0 saturated heterocycles. The monoisotopic (exact) mass is 284 g/mol. The van der Waals surface area contributed by atoms with Crippen molar-refractivity contribution in [1.29, 1.82) is 0 Å². The molecule has 1 aromatic carbocycles. The fraction of sp³-hybridized carbons (Fsp3) is 0.412. The van der Waals surface area contributed by atoms with Gasteiger partial charge in [-0.3, -0.25) is 4.79 Å². The van der Waals surface area contributed by atoms with E-state index in [2.05, 4.69) is 9.97 Å². The Morgan fingerprint density at radius 3 is 2.48 bits per heavy atom. The van der Waals surface area contributed by atoms with E-state index >= 15 is 0 Å². The number of aromatic hydroxyl groups is 1. The highest BCUT2D eigenvalue weighted by molar-refractivity contribution is 5.61. The third-order valence-electron chi connectivity index (χ3n) is 4.21. The minimum Gasteiger partial charge on any atom is -0.507 e. The molecule has 21 heavy (non-hydrogen) atoms. The van der Waals surface area contributed by atoms with Crippen molar-refractivity contribution in [2.45, 2.75) is 46.0 Å². The molecule has 0 aliphatic heterocycles. The van der Waals surface area contributed by atoms with Crippen LogP contribution in [0.3, 0.4) is 0 Å². The van der Waals surface area contributed by atoms with Crippen LogP contribution in [0.2, 0.25) is 0 Å². The minimum atomic E-state index is -0.0136. The predicted octanol–water partition coefficient (Wildman–Crippen LogP) is 3.03. The number of phenolic OH excluding ortho intramolecular Hbond substituents is 1. The summed E-state index contributed by atoms with van der Waals surface area (Å²) in [5.41, 5.74) is 4.22. The second-order valence-electron chi connectivity index (χ2n) is 5.86. The summed E-state index contributed by atoms with van der Waals surface area (Å²) in [4.78, 5) is 19.9. The van der Waals surface area contributed by atoms with E-state index in [0.717, 1.165) is 60.1 Å². The zero-order chi connectivity index (χ0) is 15.0. The van der Waals surface area contributed by atoms with E-state index in [-0.39, 0.29) is 5.56 Å². The lowest BCUT2D eigenvalue weighted by molar-refractivity contribution is 0.467. The van der Waals surface area contributed by atoms with Crippen molar-refractivity contribution in [1.82, 2.24) is 9.97 Å². The van der Waals surface area contributed by atoms with Gasteiger partial charge in [0.2, 0.25) is 0 Å². The number of benzene rings is 1. The number of rotatable bonds is 1. The zero-order valence-electron chi connectivity index (χ0n) is 12.5. The number of hydrogen-bond acceptors (Lipinski definition) is 3. The van der Waals surface area contributed by atoms with Gasteiger partial charge in [-0.25, -0.2) is 4.98 Å². The Labute approximate surface area is 123 Å². The van der Waals surface area contributed by atoms with Crippen molar-refractivity contribution in [3.8, 4) is 17.1 Å². The van der Waals surface area contributed by atoms with Gasteiger partial charge in [0, 0.05) is 11.1 Å². The molecule has 0 radical (unpaired) electrons. The summed E-state index contributed by atoms with van der Waals surface area (Å²) in [6, 6.07) is 3.73. The molecule has 1 heterocycles. The number of hydrogen-bond donors (Lipinski definition) is 2. The number of nitrogens with zero attached hydrogens (tertiary/aromatic N) is 1. The molecule has 1 aromatic heterocycles. The summed E-state index contributed by atoms with van der Waals surface area (Å²) >= 11 is 0. The van der Waals surface area contributed by atoms with Crippen molar-refractivity contribution in [2.75, 3.05) is 0 Å². The smallest absolute Gasteiger partial charge is 0.254 e. The fourth-order valence-corrected chi connectivity index (χ4v) is 3.01. The lowest BCUT2D eigenvalue weighted by Crippen LogP contribution is -2.18. The van der Waals surface area contributed by atoms with Crippen LogP contribution in [0.4, 0.5) is 0 Å². The Kier molecular flexibility index (Phi) is 3.53. The topological polar surface area (TPSA) is 66.0 Å². The third kappa shape index (κ3) is 2.58. The molecule has 110 valence electrons. The predicted molar refractivity (Wildman–Crippen MR) is 82.7 cm³/mol. The normalized spacial score (nSPS) is 14.6. The van der Waals surface area contributed by atoms with E-state index < -0.39 is 0 Å². The van der Waals surface area contributed by atoms with Crippen molar-refractivity contribution >= 4 is 0 Å². The molecule has 3 rings (SSSR count). The number of aryl methyl sites for hydroxylation is 3. The van der Waals surface area contributed by atoms with Gasteiger partial charge in [-0.05, 0) is 62.8 Å². The van der Waals surface area contributed by atoms with E-state index in [4.69, 9.17) is 0 Å². The summed E-state index contributed by atoms with van der Waals surface area (Å²) in [5, 5.41) is 9.87. The molecule has 2 N–H and O–H groups in total. The van der Waals surface area contributed by atoms with Gasteiger partial charge in [-0.15, -0.1) is 0 Å². The molecule has 0 bridgehead atoms. The Bertz CT molecular complexity index is 724. The van der Waals surface area contributed by atoms with Crippen LogP contribution in [0.5, 0.6) is 5.75 Å². The lowest BCUT2D eigenvalue weighted by atomic mass is 10.0. The van der Waals surface area contributed by atoms with Crippen molar-refractivity contribution < 1.29 is 5.11 Å². The van der Waals surface area contributed by atoms with Crippen LogP contribution in [-0.4, -0.2) is 15.1 Å². The Morgan fingerprint density at radius 1 is 1.10 bits per heavy atom. The van der Waals surface area contributed by atoms with Gasteiger partial charge in [0.25, 0.3) is 5.56 Å². The molecule has 0 atom stereocenters. The van der Waals surface area contributed by atoms with Crippen LogP contribution >= 0.6 is 0 Å². The van der Waals surface area contributed by atoms with Crippen LogP contribution in [0.1, 0.15) is 41.6 Å². The molecule has 0 unspecified atom stereocenters. The fourth-order valence-electron chi connectivity index (χ4n) is 3.01. The highest BCUT2D eigenvalue weighted by Gasteiger charge is 2.15. The summed E-state index contributed by atoms with van der Waals surface area (Å²) in [6.45, 7) is 3.71. The second kappa shape index (κ2) is 5.35. The molecule has 0 amide bonds. The van der Waals surface area contributed by atoms with Crippen molar-refractivity contribution in [3.05, 3.63) is 44.9 Å². The zero-order valence-corrected chi connectivity index (χ0v) is 12.5. The van der Waals surface area contributed by atoms with E-state index in [1.807, 2.05) is 26.0 Å². The van der Waals surface area contributed by atoms with Gasteiger partial charge in [0.05, 0.1) is 5.69 Å². The van der Waals surface area contributed by atoms with E-state index in [1.54, 1.807) is 0 Å². The van der Waals surface area contributed by atoms with Crippen LogP contribution in [0.25, 0.3) is 11.4 Å². The van der Waals surface area contributed by atoms with Crippen LogP contribution in [0.15, 0.2) is 16.9 Å². The number of nitrogens with one attached hydrogen (secondary N) is 1.